The Bertz CT molecular complexity index is 823. The van der Waals surface area contributed by atoms with Gasteiger partial charge in [0.05, 0.1) is 5.56 Å². The Morgan fingerprint density at radius 1 is 1.05 bits per heavy atom. The quantitative estimate of drug-likeness (QED) is 0.534. The average Bonchev–Trinajstić information content (AvgIpc) is 2.47. The number of carbonyl (C=O) groups excluding carboxylic acids is 1. The molecule has 2 aromatic carbocycles. The first-order valence-corrected chi connectivity index (χ1v) is 8.01. The molecule has 2 rings (SSSR count). The maximum atomic E-state index is 12.1. The summed E-state index contributed by atoms with van der Waals surface area (Å²) in [5, 5.41) is 0. The molecule has 6 heteroatoms. The Hall–Kier alpha value is -2.18. The largest absolute Gasteiger partial charge is 0.421 e. The van der Waals surface area contributed by atoms with E-state index in [0.29, 0.717) is 16.7 Å². The van der Waals surface area contributed by atoms with Crippen molar-refractivity contribution < 1.29 is 22.5 Å². The highest BCUT2D eigenvalue weighted by atomic mass is 32.2. The van der Waals surface area contributed by atoms with Crippen LogP contribution in [0.25, 0.3) is 0 Å². The predicted molar refractivity (Wildman–Crippen MR) is 81.9 cm³/mol. The van der Waals surface area contributed by atoms with Crippen LogP contribution in [0.3, 0.4) is 0 Å². The van der Waals surface area contributed by atoms with Crippen LogP contribution >= 0.6 is 0 Å². The fraction of sp³-hybridized carbons (Fsp3) is 0.188. The highest BCUT2D eigenvalue weighted by Gasteiger charge is 2.23. The standard InChI is InChI=1S/C16H16O5S/c1-10-9-14(22(18,19)20)15(12(3)11(10)2)21-16(17)13-7-5-4-6-8-13/h4-9H,1-3H3,(H,18,19,20). The summed E-state index contributed by atoms with van der Waals surface area (Å²) in [4.78, 5) is 11.7. The van der Waals surface area contributed by atoms with Crippen molar-refractivity contribution in [2.24, 2.45) is 0 Å². The van der Waals surface area contributed by atoms with Crippen LogP contribution < -0.4 is 4.74 Å². The molecule has 0 aliphatic heterocycles. The second-order valence-corrected chi connectivity index (χ2v) is 6.39. The zero-order valence-corrected chi connectivity index (χ0v) is 13.3. The highest BCUT2D eigenvalue weighted by Crippen LogP contribution is 2.33. The van der Waals surface area contributed by atoms with E-state index in [1.54, 1.807) is 51.1 Å². The smallest absolute Gasteiger partial charge is 0.343 e. The van der Waals surface area contributed by atoms with Gasteiger partial charge in [-0.25, -0.2) is 4.79 Å². The first-order chi connectivity index (χ1) is 10.2. The van der Waals surface area contributed by atoms with Crippen molar-refractivity contribution in [3.63, 3.8) is 0 Å². The van der Waals surface area contributed by atoms with E-state index < -0.39 is 21.0 Å². The number of aryl methyl sites for hydroxylation is 1. The van der Waals surface area contributed by atoms with Gasteiger partial charge in [0.1, 0.15) is 4.90 Å². The minimum atomic E-state index is -4.50. The zero-order chi connectivity index (χ0) is 16.5. The fourth-order valence-electron chi connectivity index (χ4n) is 2.07. The van der Waals surface area contributed by atoms with Gasteiger partial charge in [0.2, 0.25) is 0 Å². The molecular weight excluding hydrogens is 304 g/mol. The van der Waals surface area contributed by atoms with Crippen LogP contribution in [0.15, 0.2) is 41.3 Å². The lowest BCUT2D eigenvalue weighted by Gasteiger charge is -2.15. The van der Waals surface area contributed by atoms with Crippen molar-refractivity contribution in [3.8, 4) is 5.75 Å². The molecule has 0 heterocycles. The molecular formula is C16H16O5S. The molecule has 0 aliphatic carbocycles. The first kappa shape index (κ1) is 16.2. The van der Waals surface area contributed by atoms with E-state index in [0.717, 1.165) is 5.56 Å². The van der Waals surface area contributed by atoms with E-state index in [9.17, 15) is 17.8 Å². The van der Waals surface area contributed by atoms with Crippen molar-refractivity contribution >= 4 is 16.1 Å². The third-order valence-electron chi connectivity index (χ3n) is 3.55. The molecule has 0 aliphatic rings. The summed E-state index contributed by atoms with van der Waals surface area (Å²) in [6.07, 6.45) is 0. The zero-order valence-electron chi connectivity index (χ0n) is 12.5. The van der Waals surface area contributed by atoms with E-state index in [4.69, 9.17) is 4.74 Å². The molecule has 0 bridgehead atoms. The minimum absolute atomic E-state index is 0.139. The molecule has 0 radical (unpaired) electrons. The fourth-order valence-corrected chi connectivity index (χ4v) is 2.82. The number of esters is 1. The van der Waals surface area contributed by atoms with E-state index in [2.05, 4.69) is 0 Å². The molecule has 0 atom stereocenters. The van der Waals surface area contributed by atoms with Crippen molar-refractivity contribution in [2.45, 2.75) is 25.7 Å². The number of carbonyl (C=O) groups is 1. The molecule has 0 aromatic heterocycles. The third kappa shape index (κ3) is 3.18. The Morgan fingerprint density at radius 3 is 2.18 bits per heavy atom. The number of ether oxygens (including phenoxy) is 1. The van der Waals surface area contributed by atoms with Crippen molar-refractivity contribution in [3.05, 3.63) is 58.7 Å². The van der Waals surface area contributed by atoms with Gasteiger partial charge in [0.15, 0.2) is 5.75 Å². The first-order valence-electron chi connectivity index (χ1n) is 6.57. The summed E-state index contributed by atoms with van der Waals surface area (Å²) in [7, 11) is -4.50. The lowest BCUT2D eigenvalue weighted by molar-refractivity contribution is 0.0728. The normalized spacial score (nSPS) is 11.3. The lowest BCUT2D eigenvalue weighted by Crippen LogP contribution is -2.13. The molecule has 116 valence electrons. The van der Waals surface area contributed by atoms with Crippen LogP contribution in [-0.2, 0) is 10.1 Å². The van der Waals surface area contributed by atoms with Gasteiger partial charge < -0.3 is 4.74 Å². The van der Waals surface area contributed by atoms with Gasteiger partial charge in [-0.15, -0.1) is 0 Å². The van der Waals surface area contributed by atoms with Gasteiger partial charge in [0.25, 0.3) is 10.1 Å². The Labute approximate surface area is 129 Å². The van der Waals surface area contributed by atoms with Gasteiger partial charge >= 0.3 is 5.97 Å². The summed E-state index contributed by atoms with van der Waals surface area (Å²) < 4.78 is 37.7. The van der Waals surface area contributed by atoms with Crippen LogP contribution in [0.5, 0.6) is 5.75 Å². The number of benzene rings is 2. The van der Waals surface area contributed by atoms with E-state index in [-0.39, 0.29) is 5.75 Å². The summed E-state index contributed by atoms with van der Waals surface area (Å²) >= 11 is 0. The van der Waals surface area contributed by atoms with Crippen LogP contribution in [-0.4, -0.2) is 18.9 Å². The van der Waals surface area contributed by atoms with Gasteiger partial charge in [0, 0.05) is 0 Å². The Morgan fingerprint density at radius 2 is 1.64 bits per heavy atom. The molecule has 1 N–H and O–H groups in total. The van der Waals surface area contributed by atoms with Gasteiger partial charge in [-0.05, 0) is 55.7 Å². The van der Waals surface area contributed by atoms with Crippen molar-refractivity contribution in [1.82, 2.24) is 0 Å². The highest BCUT2D eigenvalue weighted by molar-refractivity contribution is 7.86. The van der Waals surface area contributed by atoms with Crippen LogP contribution in [0.1, 0.15) is 27.0 Å². The molecule has 22 heavy (non-hydrogen) atoms. The maximum absolute atomic E-state index is 12.1. The maximum Gasteiger partial charge on any atom is 0.343 e. The van der Waals surface area contributed by atoms with Gasteiger partial charge in [-0.2, -0.15) is 8.42 Å². The molecule has 0 amide bonds. The average molecular weight is 320 g/mol. The topological polar surface area (TPSA) is 80.7 Å². The van der Waals surface area contributed by atoms with Crippen molar-refractivity contribution in [1.29, 1.82) is 0 Å². The Kier molecular flexibility index (Phi) is 4.35. The minimum Gasteiger partial charge on any atom is -0.421 e. The molecule has 0 unspecified atom stereocenters. The number of rotatable bonds is 3. The SMILES string of the molecule is Cc1cc(S(=O)(=O)O)c(OC(=O)c2ccccc2)c(C)c1C. The van der Waals surface area contributed by atoms with Gasteiger partial charge in [-0.3, -0.25) is 4.55 Å². The summed E-state index contributed by atoms with van der Waals surface area (Å²) in [5.41, 5.74) is 2.27. The molecule has 5 nitrogen and oxygen atoms in total. The van der Waals surface area contributed by atoms with Crippen LogP contribution in [0.2, 0.25) is 0 Å². The van der Waals surface area contributed by atoms with E-state index in [1.165, 1.54) is 6.07 Å². The van der Waals surface area contributed by atoms with E-state index >= 15 is 0 Å². The molecule has 2 aromatic rings. The summed E-state index contributed by atoms with van der Waals surface area (Å²) in [6, 6.07) is 9.52. The lowest BCUT2D eigenvalue weighted by atomic mass is 10.0. The molecule has 0 fully saturated rings. The predicted octanol–water partition coefficient (Wildman–Crippen LogP) is 3.08. The third-order valence-corrected chi connectivity index (χ3v) is 4.41. The number of hydrogen-bond acceptors (Lipinski definition) is 4. The van der Waals surface area contributed by atoms with Gasteiger partial charge in [-0.1, -0.05) is 18.2 Å². The molecule has 0 saturated heterocycles. The molecule has 0 saturated carbocycles. The second-order valence-electron chi connectivity index (χ2n) is 5.00. The summed E-state index contributed by atoms with van der Waals surface area (Å²) in [5.74, 6) is -0.823. The number of hydrogen-bond donors (Lipinski definition) is 1. The summed E-state index contributed by atoms with van der Waals surface area (Å²) in [6.45, 7) is 5.16. The van der Waals surface area contributed by atoms with Crippen molar-refractivity contribution in [2.75, 3.05) is 0 Å². The Balaban J connectivity index is 2.55. The van der Waals surface area contributed by atoms with Crippen LogP contribution in [0, 0.1) is 20.8 Å². The molecule has 0 spiro atoms. The monoisotopic (exact) mass is 320 g/mol. The van der Waals surface area contributed by atoms with E-state index in [1.807, 2.05) is 0 Å². The van der Waals surface area contributed by atoms with Crippen LogP contribution in [0.4, 0.5) is 0 Å². The second kappa shape index (κ2) is 5.90.